The molecule has 0 unspecified atom stereocenters. The fourth-order valence-corrected chi connectivity index (χ4v) is 3.45. The standard InChI is InChI=1S/C21H21ClFN3O5/c1-10(2)16(9-27)26-8-12(21(29)30)18(28)11-7-15(20(31-3)25-19(11)26)24-14-6-4-5-13(22)17(14)23/h4-8,10,16,24,27H,9H2,1-3H3,(H,29,30)/t16-/m1/s1. The van der Waals surface area contributed by atoms with Crippen molar-refractivity contribution in [2.75, 3.05) is 19.0 Å². The summed E-state index contributed by atoms with van der Waals surface area (Å²) in [7, 11) is 1.35. The summed E-state index contributed by atoms with van der Waals surface area (Å²) in [5, 5.41) is 22.1. The second kappa shape index (κ2) is 8.91. The van der Waals surface area contributed by atoms with Crippen molar-refractivity contribution in [2.24, 2.45) is 5.92 Å². The summed E-state index contributed by atoms with van der Waals surface area (Å²) in [6.45, 7) is 3.40. The SMILES string of the molecule is COc1nc2c(cc1Nc1cccc(Cl)c1F)c(=O)c(C(=O)O)cn2[C@H](CO)C(C)C. The fourth-order valence-electron chi connectivity index (χ4n) is 3.27. The number of benzene rings is 1. The lowest BCUT2D eigenvalue weighted by molar-refractivity contribution is 0.0694. The summed E-state index contributed by atoms with van der Waals surface area (Å²) in [5.74, 6) is -2.16. The van der Waals surface area contributed by atoms with Gasteiger partial charge < -0.3 is 24.8 Å². The Balaban J connectivity index is 2.32. The average Bonchev–Trinajstić information content (AvgIpc) is 2.72. The van der Waals surface area contributed by atoms with Crippen LogP contribution in [0.15, 0.2) is 35.3 Å². The molecule has 0 fully saturated rings. The summed E-state index contributed by atoms with van der Waals surface area (Å²) in [5.41, 5.74) is -0.927. The van der Waals surface area contributed by atoms with Gasteiger partial charge in [0, 0.05) is 6.20 Å². The lowest BCUT2D eigenvalue weighted by atomic mass is 10.0. The molecule has 0 saturated heterocycles. The molecule has 0 saturated carbocycles. The van der Waals surface area contributed by atoms with Crippen LogP contribution in [0.5, 0.6) is 5.88 Å². The summed E-state index contributed by atoms with van der Waals surface area (Å²) in [6.07, 6.45) is 1.17. The molecule has 0 amide bonds. The number of nitrogens with one attached hydrogen (secondary N) is 1. The van der Waals surface area contributed by atoms with Crippen LogP contribution in [0.3, 0.4) is 0 Å². The van der Waals surface area contributed by atoms with Gasteiger partial charge in [-0.25, -0.2) is 9.18 Å². The molecule has 0 aliphatic carbocycles. The van der Waals surface area contributed by atoms with E-state index in [0.717, 1.165) is 0 Å². The number of ether oxygens (including phenoxy) is 1. The van der Waals surface area contributed by atoms with Crippen LogP contribution >= 0.6 is 11.6 Å². The monoisotopic (exact) mass is 449 g/mol. The molecule has 1 atom stereocenters. The highest BCUT2D eigenvalue weighted by atomic mass is 35.5. The van der Waals surface area contributed by atoms with Crippen molar-refractivity contribution in [3.05, 3.63) is 57.1 Å². The number of anilines is 2. The maximum atomic E-state index is 14.4. The van der Waals surface area contributed by atoms with Crippen LogP contribution in [-0.4, -0.2) is 39.5 Å². The number of fused-ring (bicyclic) bond motifs is 1. The lowest BCUT2D eigenvalue weighted by Crippen LogP contribution is -2.26. The maximum absolute atomic E-state index is 14.4. The van der Waals surface area contributed by atoms with Gasteiger partial charge in [-0.3, -0.25) is 4.79 Å². The minimum atomic E-state index is -1.41. The minimum Gasteiger partial charge on any atom is -0.479 e. The number of nitrogens with zero attached hydrogens (tertiary/aromatic N) is 2. The molecule has 2 heterocycles. The summed E-state index contributed by atoms with van der Waals surface area (Å²) < 4.78 is 21.1. The third-order valence-electron chi connectivity index (χ3n) is 4.93. The number of aliphatic hydroxyl groups is 1. The molecule has 0 bridgehead atoms. The Kier molecular flexibility index (Phi) is 6.47. The Bertz CT molecular complexity index is 1210. The average molecular weight is 450 g/mol. The van der Waals surface area contributed by atoms with E-state index in [0.29, 0.717) is 0 Å². The van der Waals surface area contributed by atoms with Crippen LogP contribution in [-0.2, 0) is 0 Å². The van der Waals surface area contributed by atoms with E-state index < -0.39 is 28.8 Å². The highest BCUT2D eigenvalue weighted by molar-refractivity contribution is 6.31. The molecule has 0 aliphatic heterocycles. The molecule has 10 heteroatoms. The molecule has 0 spiro atoms. The van der Waals surface area contributed by atoms with Gasteiger partial charge >= 0.3 is 5.97 Å². The zero-order valence-corrected chi connectivity index (χ0v) is 17.8. The second-order valence-electron chi connectivity index (χ2n) is 7.22. The largest absolute Gasteiger partial charge is 0.479 e. The van der Waals surface area contributed by atoms with E-state index in [1.165, 1.54) is 36.1 Å². The second-order valence-corrected chi connectivity index (χ2v) is 7.63. The summed E-state index contributed by atoms with van der Waals surface area (Å²) >= 11 is 5.83. The van der Waals surface area contributed by atoms with E-state index >= 15 is 0 Å². The van der Waals surface area contributed by atoms with Gasteiger partial charge in [0.15, 0.2) is 5.82 Å². The van der Waals surface area contributed by atoms with Gasteiger partial charge in [0.25, 0.3) is 0 Å². The topological polar surface area (TPSA) is 114 Å². The van der Waals surface area contributed by atoms with Crippen molar-refractivity contribution in [1.82, 2.24) is 9.55 Å². The Morgan fingerprint density at radius 1 is 1.35 bits per heavy atom. The molecular weight excluding hydrogens is 429 g/mol. The highest BCUT2D eigenvalue weighted by Gasteiger charge is 2.24. The van der Waals surface area contributed by atoms with Gasteiger partial charge in [-0.15, -0.1) is 0 Å². The predicted molar refractivity (Wildman–Crippen MR) is 115 cm³/mol. The number of aromatic nitrogens is 2. The number of carboxylic acid groups (broad SMARTS) is 1. The third-order valence-corrected chi connectivity index (χ3v) is 5.22. The van der Waals surface area contributed by atoms with Crippen molar-refractivity contribution in [2.45, 2.75) is 19.9 Å². The van der Waals surface area contributed by atoms with Crippen molar-refractivity contribution < 1.29 is 24.1 Å². The Morgan fingerprint density at radius 3 is 2.65 bits per heavy atom. The summed E-state index contributed by atoms with van der Waals surface area (Å²) in [4.78, 5) is 28.9. The Morgan fingerprint density at radius 2 is 2.06 bits per heavy atom. The number of aromatic carboxylic acids is 1. The van der Waals surface area contributed by atoms with Gasteiger partial charge in [0.1, 0.15) is 16.9 Å². The summed E-state index contributed by atoms with van der Waals surface area (Å²) in [6, 6.07) is 5.18. The molecule has 8 nitrogen and oxygen atoms in total. The van der Waals surface area contributed by atoms with Gasteiger partial charge in [0.2, 0.25) is 11.3 Å². The van der Waals surface area contributed by atoms with Gasteiger partial charge in [-0.05, 0) is 24.1 Å². The number of methoxy groups -OCH3 is 1. The molecule has 3 aromatic rings. The first-order valence-electron chi connectivity index (χ1n) is 9.38. The molecular formula is C21H21ClFN3O5. The third kappa shape index (κ3) is 4.19. The first kappa shape index (κ1) is 22.5. The first-order chi connectivity index (χ1) is 14.7. The van der Waals surface area contributed by atoms with Gasteiger partial charge in [-0.1, -0.05) is 31.5 Å². The Labute approximate surface area is 181 Å². The van der Waals surface area contributed by atoms with Crippen LogP contribution in [0.1, 0.15) is 30.2 Å². The Hall–Kier alpha value is -3.17. The smallest absolute Gasteiger partial charge is 0.341 e. The number of hydrogen-bond donors (Lipinski definition) is 3. The number of hydrogen-bond acceptors (Lipinski definition) is 6. The molecule has 1 aromatic carbocycles. The van der Waals surface area contributed by atoms with Crippen molar-refractivity contribution in [3.8, 4) is 5.88 Å². The van der Waals surface area contributed by atoms with E-state index in [1.807, 2.05) is 13.8 Å². The van der Waals surface area contributed by atoms with E-state index in [4.69, 9.17) is 16.3 Å². The maximum Gasteiger partial charge on any atom is 0.341 e. The van der Waals surface area contributed by atoms with Crippen LogP contribution in [0, 0.1) is 11.7 Å². The number of halogens is 2. The number of pyridine rings is 2. The molecule has 31 heavy (non-hydrogen) atoms. The molecule has 2 aromatic heterocycles. The number of carbonyl (C=O) groups is 1. The lowest BCUT2D eigenvalue weighted by Gasteiger charge is -2.24. The van der Waals surface area contributed by atoms with E-state index in [2.05, 4.69) is 10.3 Å². The van der Waals surface area contributed by atoms with Crippen LogP contribution in [0.4, 0.5) is 15.8 Å². The quantitative estimate of drug-likeness (QED) is 0.502. The molecule has 0 radical (unpaired) electrons. The predicted octanol–water partition coefficient (Wildman–Crippen LogP) is 3.83. The van der Waals surface area contributed by atoms with Crippen molar-refractivity contribution in [1.29, 1.82) is 0 Å². The van der Waals surface area contributed by atoms with Crippen LogP contribution in [0.2, 0.25) is 5.02 Å². The van der Waals surface area contributed by atoms with Gasteiger partial charge in [0.05, 0.1) is 35.9 Å². The zero-order chi connectivity index (χ0) is 22.9. The number of rotatable bonds is 7. The number of carboxylic acids is 1. The zero-order valence-electron chi connectivity index (χ0n) is 17.0. The van der Waals surface area contributed by atoms with E-state index in [-0.39, 0.29) is 45.8 Å². The fraction of sp³-hybridized carbons (Fsp3) is 0.286. The first-order valence-corrected chi connectivity index (χ1v) is 9.76. The molecule has 0 aliphatic rings. The molecule has 3 N–H and O–H groups in total. The van der Waals surface area contributed by atoms with Crippen molar-refractivity contribution >= 4 is 40.0 Å². The molecule has 164 valence electrons. The van der Waals surface area contributed by atoms with E-state index in [9.17, 15) is 24.2 Å². The normalized spacial score (nSPS) is 12.2. The van der Waals surface area contributed by atoms with Crippen LogP contribution < -0.4 is 15.5 Å². The van der Waals surface area contributed by atoms with Crippen molar-refractivity contribution in [3.63, 3.8) is 0 Å². The van der Waals surface area contributed by atoms with Crippen LogP contribution in [0.25, 0.3) is 11.0 Å². The molecule has 3 rings (SSSR count). The number of aliphatic hydroxyl groups excluding tert-OH is 1. The van der Waals surface area contributed by atoms with Gasteiger partial charge in [-0.2, -0.15) is 4.98 Å². The highest BCUT2D eigenvalue weighted by Crippen LogP contribution is 2.33. The van der Waals surface area contributed by atoms with E-state index in [1.54, 1.807) is 6.07 Å². The minimum absolute atomic E-state index is 0.0234.